The third-order valence-corrected chi connectivity index (χ3v) is 3.23. The first kappa shape index (κ1) is 17.2. The van der Waals surface area contributed by atoms with Gasteiger partial charge in [0.05, 0.1) is 0 Å². The zero-order valence-corrected chi connectivity index (χ0v) is 13.0. The van der Waals surface area contributed by atoms with Crippen LogP contribution in [0.2, 0.25) is 0 Å². The van der Waals surface area contributed by atoms with E-state index in [-0.39, 0.29) is 6.04 Å². The van der Waals surface area contributed by atoms with Crippen molar-refractivity contribution in [2.75, 3.05) is 32.1 Å². The van der Waals surface area contributed by atoms with Gasteiger partial charge < -0.3 is 14.9 Å². The molecule has 1 N–H and O–H groups in total. The molecule has 0 aliphatic carbocycles. The van der Waals surface area contributed by atoms with E-state index in [1.165, 1.54) is 12.1 Å². The molecular weight excluding hydrogens is 271 g/mol. The third kappa shape index (κ3) is 4.86. The van der Waals surface area contributed by atoms with E-state index in [9.17, 15) is 9.18 Å². The zero-order chi connectivity index (χ0) is 16.0. The van der Waals surface area contributed by atoms with Crippen LogP contribution in [-0.4, -0.2) is 49.2 Å². The number of carbonyl (C=O) groups is 1. The Hall–Kier alpha value is -1.88. The Morgan fingerprint density at radius 1 is 1.43 bits per heavy atom. The van der Waals surface area contributed by atoms with Gasteiger partial charge in [0.15, 0.2) is 0 Å². The lowest BCUT2D eigenvalue weighted by molar-refractivity contribution is -0.131. The summed E-state index contributed by atoms with van der Waals surface area (Å²) in [7, 11) is 3.97. The Kier molecular flexibility index (Phi) is 6.37. The Morgan fingerprint density at radius 2 is 2.10 bits per heavy atom. The highest BCUT2D eigenvalue weighted by Crippen LogP contribution is 2.26. The third-order valence-electron chi connectivity index (χ3n) is 3.23. The Morgan fingerprint density at radius 3 is 2.62 bits per heavy atom. The molecule has 0 aliphatic rings. The first-order chi connectivity index (χ1) is 9.86. The quantitative estimate of drug-likeness (QED) is 0.785. The molecule has 116 valence electrons. The number of aliphatic carboxylic acids is 1. The number of hydrogen-bond acceptors (Lipinski definition) is 3. The number of rotatable bonds is 7. The number of carboxylic acid groups (broad SMARTS) is 1. The molecule has 1 aromatic carbocycles. The van der Waals surface area contributed by atoms with Crippen molar-refractivity contribution in [3.05, 3.63) is 35.7 Å². The van der Waals surface area contributed by atoms with Crippen molar-refractivity contribution in [1.29, 1.82) is 0 Å². The summed E-state index contributed by atoms with van der Waals surface area (Å²) in [6.45, 7) is 5.61. The predicted octanol–water partition coefficient (Wildman–Crippen LogP) is 2.70. The average molecular weight is 294 g/mol. The summed E-state index contributed by atoms with van der Waals surface area (Å²) in [5, 5.41) is 8.75. The fourth-order valence-electron chi connectivity index (χ4n) is 2.44. The summed E-state index contributed by atoms with van der Waals surface area (Å²) in [5.41, 5.74) is 1.02. The fourth-order valence-corrected chi connectivity index (χ4v) is 2.44. The minimum absolute atomic E-state index is 0.184. The second-order valence-corrected chi connectivity index (χ2v) is 5.24. The van der Waals surface area contributed by atoms with Gasteiger partial charge in [-0.3, -0.25) is 0 Å². The van der Waals surface area contributed by atoms with Crippen molar-refractivity contribution < 1.29 is 14.3 Å². The highest BCUT2D eigenvalue weighted by Gasteiger charge is 2.17. The highest BCUT2D eigenvalue weighted by molar-refractivity contribution is 5.87. The maximum atomic E-state index is 14.0. The summed E-state index contributed by atoms with van der Waals surface area (Å²) in [6.07, 6.45) is 2.28. The number of carboxylic acids is 1. The number of anilines is 1. The van der Waals surface area contributed by atoms with Gasteiger partial charge in [-0.1, -0.05) is 6.07 Å². The molecule has 1 rings (SSSR count). The molecule has 1 atom stereocenters. The molecule has 21 heavy (non-hydrogen) atoms. The highest BCUT2D eigenvalue weighted by atomic mass is 19.1. The molecule has 5 heteroatoms. The lowest BCUT2D eigenvalue weighted by Gasteiger charge is -2.33. The van der Waals surface area contributed by atoms with Crippen molar-refractivity contribution in [3.63, 3.8) is 0 Å². The lowest BCUT2D eigenvalue weighted by Crippen LogP contribution is -2.40. The number of benzene rings is 1. The molecule has 0 fully saturated rings. The SMILES string of the molecule is CCN(c1cccc(F)c1/C=C/C(=O)O)C(C)CN(C)C. The topological polar surface area (TPSA) is 43.8 Å². The van der Waals surface area contributed by atoms with Crippen molar-refractivity contribution in [3.8, 4) is 0 Å². The van der Waals surface area contributed by atoms with E-state index in [4.69, 9.17) is 5.11 Å². The Bertz CT molecular complexity index is 515. The van der Waals surface area contributed by atoms with E-state index >= 15 is 0 Å². The predicted molar refractivity (Wildman–Crippen MR) is 84.1 cm³/mol. The number of likely N-dealkylation sites (N-methyl/N-ethyl adjacent to an activating group) is 2. The van der Waals surface area contributed by atoms with Gasteiger partial charge in [0.1, 0.15) is 5.82 Å². The van der Waals surface area contributed by atoms with Gasteiger partial charge in [-0.15, -0.1) is 0 Å². The molecule has 1 aromatic rings. The molecule has 0 bridgehead atoms. The summed E-state index contributed by atoms with van der Waals surface area (Å²) >= 11 is 0. The van der Waals surface area contributed by atoms with Crippen LogP contribution in [0.4, 0.5) is 10.1 Å². The minimum atomic E-state index is -1.09. The van der Waals surface area contributed by atoms with Crippen molar-refractivity contribution in [2.24, 2.45) is 0 Å². The van der Waals surface area contributed by atoms with Crippen LogP contribution in [0.5, 0.6) is 0 Å². The first-order valence-electron chi connectivity index (χ1n) is 6.97. The van der Waals surface area contributed by atoms with Crippen LogP contribution in [0.3, 0.4) is 0 Å². The summed E-state index contributed by atoms with van der Waals surface area (Å²) in [5.74, 6) is -1.51. The van der Waals surface area contributed by atoms with Crippen molar-refractivity contribution in [2.45, 2.75) is 19.9 Å². The minimum Gasteiger partial charge on any atom is -0.478 e. The van der Waals surface area contributed by atoms with Crippen LogP contribution < -0.4 is 4.90 Å². The maximum absolute atomic E-state index is 14.0. The van der Waals surface area contributed by atoms with Crippen molar-refractivity contribution >= 4 is 17.7 Å². The van der Waals surface area contributed by atoms with Crippen LogP contribution in [-0.2, 0) is 4.79 Å². The molecule has 0 amide bonds. The zero-order valence-electron chi connectivity index (χ0n) is 13.0. The van der Waals surface area contributed by atoms with Gasteiger partial charge in [-0.2, -0.15) is 0 Å². The van der Waals surface area contributed by atoms with Crippen LogP contribution in [0.1, 0.15) is 19.4 Å². The number of halogens is 1. The van der Waals surface area contributed by atoms with E-state index in [1.807, 2.05) is 27.1 Å². The average Bonchev–Trinajstić information content (AvgIpc) is 2.37. The van der Waals surface area contributed by atoms with Crippen LogP contribution >= 0.6 is 0 Å². The van der Waals surface area contributed by atoms with E-state index in [2.05, 4.69) is 16.7 Å². The van der Waals surface area contributed by atoms with E-state index < -0.39 is 11.8 Å². The van der Waals surface area contributed by atoms with E-state index in [1.54, 1.807) is 6.07 Å². The van der Waals surface area contributed by atoms with Gasteiger partial charge in [0, 0.05) is 36.5 Å². The summed E-state index contributed by atoms with van der Waals surface area (Å²) in [6, 6.07) is 4.99. The van der Waals surface area contributed by atoms with Crippen LogP contribution in [0.25, 0.3) is 6.08 Å². The fraction of sp³-hybridized carbons (Fsp3) is 0.438. The second kappa shape index (κ2) is 7.78. The molecule has 0 saturated heterocycles. The smallest absolute Gasteiger partial charge is 0.328 e. The maximum Gasteiger partial charge on any atom is 0.328 e. The number of hydrogen-bond donors (Lipinski definition) is 1. The molecular formula is C16H23FN2O2. The van der Waals surface area contributed by atoms with Gasteiger partial charge in [0.25, 0.3) is 0 Å². The first-order valence-corrected chi connectivity index (χ1v) is 6.97. The van der Waals surface area contributed by atoms with E-state index in [0.717, 1.165) is 12.6 Å². The van der Waals surface area contributed by atoms with E-state index in [0.29, 0.717) is 17.8 Å². The molecule has 0 aromatic heterocycles. The van der Waals surface area contributed by atoms with Crippen LogP contribution in [0, 0.1) is 5.82 Å². The Labute approximate surface area is 125 Å². The largest absolute Gasteiger partial charge is 0.478 e. The number of nitrogens with zero attached hydrogens (tertiary/aromatic N) is 2. The van der Waals surface area contributed by atoms with Gasteiger partial charge in [-0.05, 0) is 46.2 Å². The molecule has 0 saturated carbocycles. The molecule has 0 aliphatic heterocycles. The van der Waals surface area contributed by atoms with Gasteiger partial charge >= 0.3 is 5.97 Å². The van der Waals surface area contributed by atoms with Crippen LogP contribution in [0.15, 0.2) is 24.3 Å². The monoisotopic (exact) mass is 294 g/mol. The summed E-state index contributed by atoms with van der Waals surface area (Å²) in [4.78, 5) is 14.8. The molecule has 4 nitrogen and oxygen atoms in total. The molecule has 1 unspecified atom stereocenters. The van der Waals surface area contributed by atoms with Gasteiger partial charge in [0.2, 0.25) is 0 Å². The van der Waals surface area contributed by atoms with Gasteiger partial charge in [-0.25, -0.2) is 9.18 Å². The molecule has 0 heterocycles. The Balaban J connectivity index is 3.20. The standard InChI is InChI=1S/C16H23FN2O2/c1-5-19(12(2)11-18(3)4)15-8-6-7-14(17)13(15)9-10-16(20)21/h6-10,12H,5,11H2,1-4H3,(H,20,21)/b10-9+. The normalized spacial score (nSPS) is 12.9. The lowest BCUT2D eigenvalue weighted by atomic mass is 10.1. The molecule has 0 radical (unpaired) electrons. The molecule has 0 spiro atoms. The second-order valence-electron chi connectivity index (χ2n) is 5.24. The summed E-state index contributed by atoms with van der Waals surface area (Å²) < 4.78 is 14.0. The van der Waals surface area contributed by atoms with Crippen molar-refractivity contribution in [1.82, 2.24) is 4.90 Å².